The molecule has 0 radical (unpaired) electrons. The van der Waals surface area contributed by atoms with Gasteiger partial charge in [0.05, 0.1) is 5.56 Å². The van der Waals surface area contributed by atoms with Crippen molar-refractivity contribution in [2.24, 2.45) is 0 Å². The highest BCUT2D eigenvalue weighted by Crippen LogP contribution is 2.32. The minimum absolute atomic E-state index is 0.120. The quantitative estimate of drug-likeness (QED) is 0.806. The molecule has 0 fully saturated rings. The zero-order valence-corrected chi connectivity index (χ0v) is 10.6. The van der Waals surface area contributed by atoms with E-state index in [1.54, 1.807) is 12.1 Å². The minimum Gasteiger partial charge on any atom is -0.398 e. The number of hydrogen-bond acceptors (Lipinski definition) is 1. The normalized spacial score (nSPS) is 11.6. The van der Waals surface area contributed by atoms with Crippen LogP contribution in [0.2, 0.25) is 5.02 Å². The summed E-state index contributed by atoms with van der Waals surface area (Å²) >= 11 is 6.01. The van der Waals surface area contributed by atoms with Crippen molar-refractivity contribution < 1.29 is 13.2 Å². The van der Waals surface area contributed by atoms with Gasteiger partial charge in [-0.25, -0.2) is 0 Å². The van der Waals surface area contributed by atoms with Crippen LogP contribution >= 0.6 is 11.6 Å². The van der Waals surface area contributed by atoms with Crippen LogP contribution in [0.25, 0.3) is 0 Å². The molecule has 0 heterocycles. The van der Waals surface area contributed by atoms with Crippen molar-refractivity contribution in [2.45, 2.75) is 12.6 Å². The highest BCUT2D eigenvalue weighted by atomic mass is 35.5. The van der Waals surface area contributed by atoms with Crippen LogP contribution in [0.15, 0.2) is 42.5 Å². The van der Waals surface area contributed by atoms with Crippen LogP contribution in [-0.4, -0.2) is 0 Å². The first-order chi connectivity index (χ1) is 8.88. The van der Waals surface area contributed by atoms with E-state index >= 15 is 0 Å². The molecule has 2 rings (SSSR count). The maximum Gasteiger partial charge on any atom is 0.416 e. The summed E-state index contributed by atoms with van der Waals surface area (Å²) in [4.78, 5) is 0. The maximum atomic E-state index is 12.5. The number of rotatable bonds is 2. The molecule has 5 heteroatoms. The maximum absolute atomic E-state index is 12.5. The third kappa shape index (κ3) is 3.20. The molecular formula is C14H11ClF3N. The molecule has 0 saturated heterocycles. The topological polar surface area (TPSA) is 26.0 Å². The van der Waals surface area contributed by atoms with Crippen LogP contribution < -0.4 is 5.73 Å². The lowest BCUT2D eigenvalue weighted by atomic mass is 10.0. The lowest BCUT2D eigenvalue weighted by Crippen LogP contribution is -2.07. The van der Waals surface area contributed by atoms with Crippen molar-refractivity contribution in [3.63, 3.8) is 0 Å². The number of anilines is 1. The Morgan fingerprint density at radius 1 is 1.00 bits per heavy atom. The molecule has 0 saturated carbocycles. The second kappa shape index (κ2) is 5.13. The Bertz CT molecular complexity index is 593. The molecule has 1 nitrogen and oxygen atoms in total. The molecule has 0 amide bonds. The molecule has 0 aliphatic heterocycles. The Labute approximate surface area is 113 Å². The minimum atomic E-state index is -4.38. The molecule has 0 atom stereocenters. The Kier molecular flexibility index (Phi) is 3.71. The first kappa shape index (κ1) is 13.7. The molecule has 0 spiro atoms. The third-order valence-electron chi connectivity index (χ3n) is 2.81. The molecule has 0 aliphatic carbocycles. The fraction of sp³-hybridized carbons (Fsp3) is 0.143. The van der Waals surface area contributed by atoms with E-state index in [1.807, 2.05) is 12.1 Å². The predicted molar refractivity (Wildman–Crippen MR) is 70.1 cm³/mol. The van der Waals surface area contributed by atoms with Gasteiger partial charge < -0.3 is 5.73 Å². The largest absolute Gasteiger partial charge is 0.416 e. The first-order valence-corrected chi connectivity index (χ1v) is 5.95. The molecule has 0 bridgehead atoms. The summed E-state index contributed by atoms with van der Waals surface area (Å²) in [5, 5.41) is 0.571. The number of hydrogen-bond donors (Lipinski definition) is 1. The Morgan fingerprint density at radius 2 is 1.68 bits per heavy atom. The van der Waals surface area contributed by atoms with Gasteiger partial charge in [0, 0.05) is 17.1 Å². The van der Waals surface area contributed by atoms with Crippen LogP contribution in [0.3, 0.4) is 0 Å². The summed E-state index contributed by atoms with van der Waals surface area (Å²) in [6, 6.07) is 10.5. The lowest BCUT2D eigenvalue weighted by molar-refractivity contribution is -0.137. The molecule has 0 aliphatic rings. The van der Waals surface area contributed by atoms with E-state index in [9.17, 15) is 13.2 Å². The standard InChI is InChI=1S/C14H11ClF3N/c15-12-4-2-1-3-9(12)7-10-5-6-11(8-13(10)19)14(16,17)18/h1-6,8H,7,19H2. The number of nitrogens with two attached hydrogens (primary N) is 1. The summed E-state index contributed by atoms with van der Waals surface area (Å²) in [6.07, 6.45) is -3.97. The average molecular weight is 286 g/mol. The summed E-state index contributed by atoms with van der Waals surface area (Å²) in [7, 11) is 0. The Balaban J connectivity index is 2.30. The van der Waals surface area contributed by atoms with Gasteiger partial charge in [0.25, 0.3) is 0 Å². The number of alkyl halides is 3. The van der Waals surface area contributed by atoms with Gasteiger partial charge in [-0.3, -0.25) is 0 Å². The van der Waals surface area contributed by atoms with Gasteiger partial charge in [-0.05, 0) is 29.3 Å². The van der Waals surface area contributed by atoms with E-state index in [-0.39, 0.29) is 5.69 Å². The van der Waals surface area contributed by atoms with E-state index in [0.717, 1.165) is 17.7 Å². The summed E-state index contributed by atoms with van der Waals surface area (Å²) < 4.78 is 37.5. The molecule has 2 N–H and O–H groups in total. The Morgan fingerprint density at radius 3 is 2.26 bits per heavy atom. The van der Waals surface area contributed by atoms with Crippen LogP contribution in [0.4, 0.5) is 18.9 Å². The molecule has 19 heavy (non-hydrogen) atoms. The summed E-state index contributed by atoms with van der Waals surface area (Å²) in [5.74, 6) is 0. The van der Waals surface area contributed by atoms with Gasteiger partial charge in [0.2, 0.25) is 0 Å². The van der Waals surface area contributed by atoms with Crippen LogP contribution in [0, 0.1) is 0 Å². The molecule has 100 valence electrons. The number of halogens is 4. The smallest absolute Gasteiger partial charge is 0.398 e. The van der Waals surface area contributed by atoms with Gasteiger partial charge in [-0.1, -0.05) is 35.9 Å². The number of benzene rings is 2. The fourth-order valence-corrected chi connectivity index (χ4v) is 1.98. The SMILES string of the molecule is Nc1cc(C(F)(F)F)ccc1Cc1ccccc1Cl. The summed E-state index contributed by atoms with van der Waals surface area (Å²) in [6.45, 7) is 0. The first-order valence-electron chi connectivity index (χ1n) is 5.57. The van der Waals surface area contributed by atoms with Crippen molar-refractivity contribution in [1.82, 2.24) is 0 Å². The molecule has 2 aromatic rings. The van der Waals surface area contributed by atoms with E-state index < -0.39 is 11.7 Å². The second-order valence-electron chi connectivity index (χ2n) is 4.18. The molecule has 0 aromatic heterocycles. The lowest BCUT2D eigenvalue weighted by Gasteiger charge is -2.11. The molecule has 2 aromatic carbocycles. The van der Waals surface area contributed by atoms with Gasteiger partial charge >= 0.3 is 6.18 Å². The van der Waals surface area contributed by atoms with Gasteiger partial charge in [-0.2, -0.15) is 13.2 Å². The van der Waals surface area contributed by atoms with Gasteiger partial charge in [0.15, 0.2) is 0 Å². The van der Waals surface area contributed by atoms with Crippen LogP contribution in [0.1, 0.15) is 16.7 Å². The van der Waals surface area contributed by atoms with Gasteiger partial charge in [0.1, 0.15) is 0 Å². The zero-order valence-electron chi connectivity index (χ0n) is 9.84. The molecular weight excluding hydrogens is 275 g/mol. The third-order valence-corrected chi connectivity index (χ3v) is 3.18. The van der Waals surface area contributed by atoms with E-state index in [2.05, 4.69) is 0 Å². The molecule has 0 unspecified atom stereocenters. The van der Waals surface area contributed by atoms with Crippen molar-refractivity contribution in [2.75, 3.05) is 5.73 Å². The monoisotopic (exact) mass is 285 g/mol. The van der Waals surface area contributed by atoms with Crippen molar-refractivity contribution in [3.8, 4) is 0 Å². The Hall–Kier alpha value is -1.68. The van der Waals surface area contributed by atoms with Gasteiger partial charge in [-0.15, -0.1) is 0 Å². The number of nitrogen functional groups attached to an aromatic ring is 1. The highest BCUT2D eigenvalue weighted by molar-refractivity contribution is 6.31. The van der Waals surface area contributed by atoms with Crippen molar-refractivity contribution in [1.29, 1.82) is 0 Å². The van der Waals surface area contributed by atoms with E-state index in [0.29, 0.717) is 17.0 Å². The average Bonchev–Trinajstić information content (AvgIpc) is 2.33. The fourth-order valence-electron chi connectivity index (χ4n) is 1.78. The predicted octanol–water partition coefficient (Wildman–Crippen LogP) is 4.53. The van der Waals surface area contributed by atoms with Crippen molar-refractivity contribution >= 4 is 17.3 Å². The van der Waals surface area contributed by atoms with Crippen LogP contribution in [-0.2, 0) is 12.6 Å². The highest BCUT2D eigenvalue weighted by Gasteiger charge is 2.30. The summed E-state index contributed by atoms with van der Waals surface area (Å²) in [5.41, 5.74) is 6.51. The van der Waals surface area contributed by atoms with Crippen LogP contribution in [0.5, 0.6) is 0 Å². The second-order valence-corrected chi connectivity index (χ2v) is 4.59. The van der Waals surface area contributed by atoms with E-state index in [1.165, 1.54) is 6.07 Å². The van der Waals surface area contributed by atoms with E-state index in [4.69, 9.17) is 17.3 Å². The van der Waals surface area contributed by atoms with Crippen molar-refractivity contribution in [3.05, 3.63) is 64.2 Å². The zero-order chi connectivity index (χ0) is 14.0.